The molecule has 1 aromatic carbocycles. The third-order valence-corrected chi connectivity index (χ3v) is 6.54. The Kier molecular flexibility index (Phi) is 7.10. The number of amides is 1. The molecule has 2 heterocycles. The van der Waals surface area contributed by atoms with Crippen molar-refractivity contribution >= 4 is 52.1 Å². The van der Waals surface area contributed by atoms with E-state index in [2.05, 4.69) is 20.6 Å². The third kappa shape index (κ3) is 4.96. The van der Waals surface area contributed by atoms with E-state index in [-0.39, 0.29) is 27.8 Å². The molecule has 3 N–H and O–H groups in total. The van der Waals surface area contributed by atoms with Gasteiger partial charge in [-0.3, -0.25) is 19.6 Å². The number of Topliss-reactive ketones (excluding diaryl/α,β-unsaturated/α-hetero) is 1. The number of benzene rings is 1. The van der Waals surface area contributed by atoms with Crippen molar-refractivity contribution in [3.63, 3.8) is 0 Å². The summed E-state index contributed by atoms with van der Waals surface area (Å²) in [7, 11) is 0. The van der Waals surface area contributed by atoms with E-state index >= 15 is 0 Å². The number of anilines is 1. The Balaban J connectivity index is 1.50. The highest BCUT2D eigenvalue weighted by Crippen LogP contribution is 2.45. The maximum atomic E-state index is 12.7. The Hall–Kier alpha value is -3.75. The molecule has 8 nitrogen and oxygen atoms in total. The lowest BCUT2D eigenvalue weighted by Crippen LogP contribution is -2.50. The summed E-state index contributed by atoms with van der Waals surface area (Å²) in [6.07, 6.45) is 6.00. The number of rotatable bonds is 8. The first-order chi connectivity index (χ1) is 17.1. The molecule has 1 amide bonds. The van der Waals surface area contributed by atoms with Gasteiger partial charge in [0.25, 0.3) is 5.91 Å². The van der Waals surface area contributed by atoms with Crippen molar-refractivity contribution in [2.45, 2.75) is 26.3 Å². The number of halogens is 2. The van der Waals surface area contributed by atoms with E-state index in [4.69, 9.17) is 23.2 Å². The molecule has 0 saturated carbocycles. The molecule has 0 unspecified atom stereocenters. The monoisotopic (exact) mass is 524 g/mol. The van der Waals surface area contributed by atoms with Crippen LogP contribution in [-0.2, 0) is 16.0 Å². The molecule has 0 radical (unpaired) electrons. The topological polar surface area (TPSA) is 121 Å². The average Bonchev–Trinajstić information content (AvgIpc) is 2.84. The van der Waals surface area contributed by atoms with Gasteiger partial charge in [-0.15, -0.1) is 0 Å². The van der Waals surface area contributed by atoms with Gasteiger partial charge in [0.1, 0.15) is 6.04 Å². The predicted molar refractivity (Wildman–Crippen MR) is 137 cm³/mol. The quantitative estimate of drug-likeness (QED) is 0.392. The molecular weight excluding hydrogens is 503 g/mol. The van der Waals surface area contributed by atoms with Gasteiger partial charge in [0.05, 0.1) is 21.0 Å². The number of carboxylic acids is 1. The fourth-order valence-electron chi connectivity index (χ4n) is 3.98. The lowest BCUT2D eigenvalue weighted by molar-refractivity contribution is -0.139. The molecule has 0 saturated heterocycles. The van der Waals surface area contributed by atoms with Gasteiger partial charge < -0.3 is 15.7 Å². The van der Waals surface area contributed by atoms with E-state index in [9.17, 15) is 19.5 Å². The summed E-state index contributed by atoms with van der Waals surface area (Å²) in [5.41, 5.74) is 2.15. The van der Waals surface area contributed by atoms with E-state index in [1.807, 2.05) is 0 Å². The maximum absolute atomic E-state index is 12.7. The van der Waals surface area contributed by atoms with Gasteiger partial charge in [0.2, 0.25) is 0 Å². The normalized spacial score (nSPS) is 15.2. The molecule has 0 spiro atoms. The summed E-state index contributed by atoms with van der Waals surface area (Å²) in [5, 5.41) is 15.9. The molecule has 0 fully saturated rings. The smallest absolute Gasteiger partial charge is 0.326 e. The second kappa shape index (κ2) is 10.1. The van der Waals surface area contributed by atoms with E-state index in [1.165, 1.54) is 12.4 Å². The molecule has 2 aromatic heterocycles. The number of carbonyl (C=O) groups is 3. The zero-order valence-corrected chi connectivity index (χ0v) is 20.9. The number of carboxylic acid groups (broad SMARTS) is 1. The second-order valence-corrected chi connectivity index (χ2v) is 9.63. The summed E-state index contributed by atoms with van der Waals surface area (Å²) in [4.78, 5) is 45.3. The van der Waals surface area contributed by atoms with Gasteiger partial charge in [-0.25, -0.2) is 4.79 Å². The molecule has 1 aliphatic carbocycles. The van der Waals surface area contributed by atoms with Crippen LogP contribution < -0.4 is 10.6 Å². The molecule has 184 valence electrons. The Morgan fingerprint density at radius 2 is 1.69 bits per heavy atom. The Morgan fingerprint density at radius 1 is 1.03 bits per heavy atom. The number of nitrogens with one attached hydrogen (secondary N) is 2. The minimum absolute atomic E-state index is 0.0726. The number of aromatic nitrogens is 2. The number of hydrogen-bond acceptors (Lipinski definition) is 6. The molecule has 0 bridgehead atoms. The predicted octanol–water partition coefficient (Wildman–Crippen LogP) is 4.64. The molecule has 36 heavy (non-hydrogen) atoms. The van der Waals surface area contributed by atoms with Crippen molar-refractivity contribution in [2.75, 3.05) is 5.32 Å². The molecule has 10 heteroatoms. The first-order valence-corrected chi connectivity index (χ1v) is 11.7. The van der Waals surface area contributed by atoms with Gasteiger partial charge in [0.15, 0.2) is 5.78 Å². The molecule has 0 aliphatic heterocycles. The number of hydrogen-bond donors (Lipinski definition) is 3. The Bertz CT molecular complexity index is 1350. The summed E-state index contributed by atoms with van der Waals surface area (Å²) in [6, 6.07) is 9.27. The van der Waals surface area contributed by atoms with Crippen LogP contribution in [0.15, 0.2) is 66.9 Å². The van der Waals surface area contributed by atoms with Crippen molar-refractivity contribution in [3.8, 4) is 0 Å². The Morgan fingerprint density at radius 3 is 2.28 bits per heavy atom. The van der Waals surface area contributed by atoms with Gasteiger partial charge in [-0.05, 0) is 37.6 Å². The molecule has 1 aliphatic rings. The van der Waals surface area contributed by atoms with Crippen molar-refractivity contribution in [1.82, 2.24) is 15.3 Å². The number of pyridine rings is 2. The van der Waals surface area contributed by atoms with Crippen LogP contribution in [0.5, 0.6) is 0 Å². The fourth-order valence-corrected chi connectivity index (χ4v) is 4.52. The first kappa shape index (κ1) is 25.3. The minimum Gasteiger partial charge on any atom is -0.480 e. The number of aliphatic carboxylic acids is 1. The maximum Gasteiger partial charge on any atom is 0.326 e. The van der Waals surface area contributed by atoms with E-state index in [1.54, 1.807) is 62.6 Å². The zero-order valence-electron chi connectivity index (χ0n) is 19.4. The average molecular weight is 525 g/mol. The number of nitrogens with zero attached hydrogens (tertiary/aromatic N) is 2. The van der Waals surface area contributed by atoms with Gasteiger partial charge in [0, 0.05) is 53.7 Å². The molecule has 4 rings (SSSR count). The van der Waals surface area contributed by atoms with Crippen molar-refractivity contribution in [2.24, 2.45) is 5.41 Å². The van der Waals surface area contributed by atoms with Gasteiger partial charge in [-0.1, -0.05) is 41.4 Å². The van der Waals surface area contributed by atoms with Crippen LogP contribution in [0.2, 0.25) is 10.0 Å². The first-order valence-electron chi connectivity index (χ1n) is 11.0. The lowest BCUT2D eigenvalue weighted by Gasteiger charge is -2.40. The molecule has 1 atom stereocenters. The van der Waals surface area contributed by atoms with Gasteiger partial charge >= 0.3 is 5.97 Å². The van der Waals surface area contributed by atoms with E-state index in [0.29, 0.717) is 22.5 Å². The zero-order chi connectivity index (χ0) is 26.0. The third-order valence-electron chi connectivity index (χ3n) is 5.97. The second-order valence-electron chi connectivity index (χ2n) is 8.81. The van der Waals surface area contributed by atoms with E-state index < -0.39 is 23.3 Å². The van der Waals surface area contributed by atoms with Crippen LogP contribution in [0.4, 0.5) is 5.69 Å². The number of allylic oxidation sites excluding steroid dienone is 2. The highest BCUT2D eigenvalue weighted by molar-refractivity contribution is 6.40. The summed E-state index contributed by atoms with van der Waals surface area (Å²) >= 11 is 12.1. The largest absolute Gasteiger partial charge is 0.480 e. The fraction of sp³-hybridized carbons (Fsp3) is 0.192. The summed E-state index contributed by atoms with van der Waals surface area (Å²) in [6.45, 7) is 3.52. The molecular formula is C26H22Cl2N4O4. The van der Waals surface area contributed by atoms with Crippen LogP contribution >= 0.6 is 23.2 Å². The van der Waals surface area contributed by atoms with Crippen LogP contribution in [-0.4, -0.2) is 38.8 Å². The molecule has 3 aromatic rings. The SMILES string of the molecule is CC1(C)C(=O)C(c2cccnc2)=C1N[C@@H](Cc1ccc(NC(=O)c2c(Cl)cncc2Cl)cc1)C(=O)O. The lowest BCUT2D eigenvalue weighted by atomic mass is 9.67. The van der Waals surface area contributed by atoms with Crippen LogP contribution in [0.1, 0.15) is 35.3 Å². The Labute approximate surface area is 217 Å². The van der Waals surface area contributed by atoms with E-state index in [0.717, 1.165) is 5.56 Å². The summed E-state index contributed by atoms with van der Waals surface area (Å²) in [5.74, 6) is -1.61. The summed E-state index contributed by atoms with van der Waals surface area (Å²) < 4.78 is 0. The highest BCUT2D eigenvalue weighted by Gasteiger charge is 2.48. The minimum atomic E-state index is -1.05. The van der Waals surface area contributed by atoms with Crippen molar-refractivity contribution < 1.29 is 19.5 Å². The highest BCUT2D eigenvalue weighted by atomic mass is 35.5. The van der Waals surface area contributed by atoms with Crippen molar-refractivity contribution in [3.05, 3.63) is 93.6 Å². The van der Waals surface area contributed by atoms with Crippen LogP contribution in [0, 0.1) is 5.41 Å². The van der Waals surface area contributed by atoms with Gasteiger partial charge in [-0.2, -0.15) is 0 Å². The number of carbonyl (C=O) groups excluding carboxylic acids is 2. The van der Waals surface area contributed by atoms with Crippen molar-refractivity contribution in [1.29, 1.82) is 0 Å². The number of ketones is 1. The van der Waals surface area contributed by atoms with Crippen LogP contribution in [0.25, 0.3) is 5.57 Å². The van der Waals surface area contributed by atoms with Crippen LogP contribution in [0.3, 0.4) is 0 Å². The standard InChI is InChI=1S/C26H22Cl2N4O4/c1-26(2)22(20(23(26)33)15-4-3-9-29-11-15)32-19(25(35)36)10-14-5-7-16(8-6-14)31-24(34)21-17(27)12-30-13-18(21)28/h3-9,11-13,19,32H,10H2,1-2H3,(H,31,34)(H,35,36)/t19-/m0/s1.